The van der Waals surface area contributed by atoms with Crippen LogP contribution in [0.1, 0.15) is 35.7 Å². The third-order valence-corrected chi connectivity index (χ3v) is 6.43. The molecule has 5 rings (SSSR count). The van der Waals surface area contributed by atoms with Crippen molar-refractivity contribution in [2.24, 2.45) is 0 Å². The molecule has 31 heavy (non-hydrogen) atoms. The van der Waals surface area contributed by atoms with Gasteiger partial charge in [0.05, 0.1) is 31.0 Å². The van der Waals surface area contributed by atoms with Crippen molar-refractivity contribution in [1.29, 1.82) is 0 Å². The number of morpholine rings is 1. The molecule has 2 N–H and O–H groups in total. The molecule has 164 valence electrons. The molecule has 1 unspecified atom stereocenters. The quantitative estimate of drug-likeness (QED) is 0.666. The minimum Gasteiger partial charge on any atom is -0.394 e. The van der Waals surface area contributed by atoms with Crippen LogP contribution in [0.3, 0.4) is 0 Å². The van der Waals surface area contributed by atoms with Gasteiger partial charge in [0.25, 0.3) is 0 Å². The number of fused-ring (bicyclic) bond motifs is 1. The van der Waals surface area contributed by atoms with E-state index in [4.69, 9.17) is 9.72 Å². The largest absolute Gasteiger partial charge is 0.394 e. The predicted molar refractivity (Wildman–Crippen MR) is 120 cm³/mol. The molecule has 0 radical (unpaired) electrons. The minimum absolute atomic E-state index is 0.00995. The van der Waals surface area contributed by atoms with Gasteiger partial charge < -0.3 is 20.1 Å². The van der Waals surface area contributed by atoms with Crippen LogP contribution in [0.2, 0.25) is 0 Å². The molecule has 8 heteroatoms. The first-order chi connectivity index (χ1) is 15.1. The third-order valence-electron chi connectivity index (χ3n) is 6.43. The molecule has 2 saturated heterocycles. The number of anilines is 1. The molecule has 2 aromatic heterocycles. The van der Waals surface area contributed by atoms with Crippen molar-refractivity contribution < 1.29 is 9.84 Å². The summed E-state index contributed by atoms with van der Waals surface area (Å²) in [6, 6.07) is 6.55. The Morgan fingerprint density at radius 2 is 1.94 bits per heavy atom. The Morgan fingerprint density at radius 3 is 2.74 bits per heavy atom. The number of piperidine rings is 1. The number of hydrogen-bond acceptors (Lipinski definition) is 7. The number of aliphatic hydroxyl groups excluding tert-OH is 1. The number of ether oxygens (including phenoxy) is 1. The lowest BCUT2D eigenvalue weighted by Gasteiger charge is -2.33. The van der Waals surface area contributed by atoms with E-state index < -0.39 is 0 Å². The van der Waals surface area contributed by atoms with E-state index in [-0.39, 0.29) is 12.7 Å². The number of benzene rings is 1. The van der Waals surface area contributed by atoms with Gasteiger partial charge in [-0.15, -0.1) is 0 Å². The van der Waals surface area contributed by atoms with Gasteiger partial charge in [-0.05, 0) is 69.0 Å². The summed E-state index contributed by atoms with van der Waals surface area (Å²) in [5.41, 5.74) is 3.83. The molecular weight excluding hydrogens is 392 g/mol. The molecule has 3 aromatic rings. The van der Waals surface area contributed by atoms with Crippen molar-refractivity contribution in [3.63, 3.8) is 0 Å². The summed E-state index contributed by atoms with van der Waals surface area (Å²) in [6.45, 7) is 8.21. The normalized spacial score (nSPS) is 20.5. The molecule has 0 aliphatic carbocycles. The Hall–Kier alpha value is -2.55. The van der Waals surface area contributed by atoms with Gasteiger partial charge in [0.1, 0.15) is 11.6 Å². The first-order valence-corrected chi connectivity index (χ1v) is 11.1. The second kappa shape index (κ2) is 8.53. The number of aryl methyl sites for hydroxylation is 2. The van der Waals surface area contributed by atoms with Gasteiger partial charge in [-0.25, -0.2) is 14.6 Å². The Kier molecular flexibility index (Phi) is 5.60. The Morgan fingerprint density at radius 1 is 1.13 bits per heavy atom. The summed E-state index contributed by atoms with van der Waals surface area (Å²) in [5.74, 6) is 2.90. The maximum absolute atomic E-state index is 9.49. The number of nitrogens with one attached hydrogen (secondary N) is 1. The van der Waals surface area contributed by atoms with E-state index in [2.05, 4.69) is 39.4 Å². The van der Waals surface area contributed by atoms with Gasteiger partial charge in [0.15, 0.2) is 5.82 Å². The molecule has 0 bridgehead atoms. The first kappa shape index (κ1) is 20.4. The van der Waals surface area contributed by atoms with Gasteiger partial charge in [0.2, 0.25) is 0 Å². The maximum Gasteiger partial charge on any atom is 0.159 e. The zero-order valence-corrected chi connectivity index (χ0v) is 18.2. The summed E-state index contributed by atoms with van der Waals surface area (Å²) in [6.07, 6.45) is 4.07. The lowest BCUT2D eigenvalue weighted by Crippen LogP contribution is -2.44. The highest BCUT2D eigenvalue weighted by Gasteiger charge is 2.23. The van der Waals surface area contributed by atoms with Crippen LogP contribution in [-0.2, 0) is 4.74 Å². The maximum atomic E-state index is 9.49. The van der Waals surface area contributed by atoms with Gasteiger partial charge in [0, 0.05) is 24.5 Å². The highest BCUT2D eigenvalue weighted by molar-refractivity contribution is 5.82. The number of aliphatic hydroxyl groups is 1. The number of nitrogens with zero attached hydrogens (tertiary/aromatic N) is 5. The fourth-order valence-electron chi connectivity index (χ4n) is 4.80. The minimum atomic E-state index is -0.187. The molecule has 2 fully saturated rings. The van der Waals surface area contributed by atoms with E-state index in [1.165, 1.54) is 24.0 Å². The van der Waals surface area contributed by atoms with Crippen molar-refractivity contribution in [2.45, 2.75) is 38.7 Å². The molecule has 1 aromatic carbocycles. The standard InChI is InChI=1S/C23H30N6O2/c1-15-9-18-12-25-29(21(18)10-20(15)17-3-5-24-6-4-17)23-11-22(26-16(2)27-23)28-7-8-31-19(13-28)14-30/h9-12,17,19,24,30H,3-8,13-14H2,1-2H3. The SMILES string of the molecule is Cc1nc(N2CCOC(CO)C2)cc(-n2ncc3cc(C)c(C4CCNCC4)cc32)n1. The van der Waals surface area contributed by atoms with Crippen LogP contribution in [0.5, 0.6) is 0 Å². The van der Waals surface area contributed by atoms with Crippen LogP contribution in [0.25, 0.3) is 16.7 Å². The topological polar surface area (TPSA) is 88.3 Å². The molecule has 0 spiro atoms. The highest BCUT2D eigenvalue weighted by Crippen LogP contribution is 2.32. The van der Waals surface area contributed by atoms with E-state index in [1.807, 2.05) is 23.9 Å². The summed E-state index contributed by atoms with van der Waals surface area (Å²) < 4.78 is 7.53. The predicted octanol–water partition coefficient (Wildman–Crippen LogP) is 2.10. The fourth-order valence-corrected chi connectivity index (χ4v) is 4.80. The lowest BCUT2D eigenvalue weighted by atomic mass is 9.87. The molecule has 0 saturated carbocycles. The average molecular weight is 423 g/mol. The van der Waals surface area contributed by atoms with E-state index >= 15 is 0 Å². The zero-order valence-electron chi connectivity index (χ0n) is 18.2. The van der Waals surface area contributed by atoms with Crippen LogP contribution < -0.4 is 10.2 Å². The van der Waals surface area contributed by atoms with Crippen LogP contribution in [0.4, 0.5) is 5.82 Å². The third kappa shape index (κ3) is 4.03. The van der Waals surface area contributed by atoms with Gasteiger partial charge in [-0.3, -0.25) is 0 Å². The Balaban J connectivity index is 1.54. The van der Waals surface area contributed by atoms with Crippen LogP contribution >= 0.6 is 0 Å². The summed E-state index contributed by atoms with van der Waals surface area (Å²) >= 11 is 0. The smallest absolute Gasteiger partial charge is 0.159 e. The number of aromatic nitrogens is 4. The van der Waals surface area contributed by atoms with E-state index in [1.54, 1.807) is 0 Å². The van der Waals surface area contributed by atoms with Crippen molar-refractivity contribution in [3.05, 3.63) is 41.3 Å². The molecule has 0 amide bonds. The Labute approximate surface area is 182 Å². The lowest BCUT2D eigenvalue weighted by molar-refractivity contribution is 0.00335. The van der Waals surface area contributed by atoms with Gasteiger partial charge in [-0.1, -0.05) is 0 Å². The van der Waals surface area contributed by atoms with E-state index in [9.17, 15) is 5.11 Å². The average Bonchev–Trinajstić information content (AvgIpc) is 3.21. The van der Waals surface area contributed by atoms with Gasteiger partial charge in [-0.2, -0.15) is 5.10 Å². The van der Waals surface area contributed by atoms with Crippen LogP contribution in [0, 0.1) is 13.8 Å². The van der Waals surface area contributed by atoms with Crippen LogP contribution in [-0.4, -0.2) is 70.4 Å². The monoisotopic (exact) mass is 422 g/mol. The number of rotatable bonds is 4. The summed E-state index contributed by atoms with van der Waals surface area (Å²) in [7, 11) is 0. The van der Waals surface area contributed by atoms with E-state index in [0.29, 0.717) is 24.9 Å². The van der Waals surface area contributed by atoms with Crippen molar-refractivity contribution in [1.82, 2.24) is 25.1 Å². The van der Waals surface area contributed by atoms with Crippen molar-refractivity contribution in [3.8, 4) is 5.82 Å². The highest BCUT2D eigenvalue weighted by atomic mass is 16.5. The van der Waals surface area contributed by atoms with Gasteiger partial charge >= 0.3 is 0 Å². The molecule has 8 nitrogen and oxygen atoms in total. The first-order valence-electron chi connectivity index (χ1n) is 11.1. The Bertz CT molecular complexity index is 1080. The van der Waals surface area contributed by atoms with Crippen LogP contribution in [0.15, 0.2) is 24.4 Å². The summed E-state index contributed by atoms with van der Waals surface area (Å²) in [4.78, 5) is 11.5. The second-order valence-electron chi connectivity index (χ2n) is 8.60. The molecule has 1 atom stereocenters. The fraction of sp³-hybridized carbons (Fsp3) is 0.522. The molecule has 4 heterocycles. The second-order valence-corrected chi connectivity index (χ2v) is 8.60. The van der Waals surface area contributed by atoms with Crippen molar-refractivity contribution >= 4 is 16.7 Å². The zero-order chi connectivity index (χ0) is 21.4. The molecule has 2 aliphatic rings. The summed E-state index contributed by atoms with van der Waals surface area (Å²) in [5, 5.41) is 18.8. The molecule has 2 aliphatic heterocycles. The molecular formula is C23H30N6O2. The van der Waals surface area contributed by atoms with Crippen molar-refractivity contribution in [2.75, 3.05) is 44.3 Å². The van der Waals surface area contributed by atoms with E-state index in [0.717, 1.165) is 42.2 Å². The number of hydrogen-bond donors (Lipinski definition) is 2.